The SMILES string of the molecule is CC1CN(c2cc3c(cc2Cl)C(O)C(=O)N3)CCC1O. The number of fused-ring (bicyclic) bond motifs is 1. The molecule has 20 heavy (non-hydrogen) atoms. The van der Waals surface area contributed by atoms with Gasteiger partial charge in [-0.25, -0.2) is 0 Å². The third kappa shape index (κ3) is 2.16. The Bertz CT molecular complexity index is 564. The van der Waals surface area contributed by atoms with Gasteiger partial charge in [0.2, 0.25) is 0 Å². The molecule has 6 heteroatoms. The first-order valence-corrected chi connectivity index (χ1v) is 7.10. The number of nitrogens with one attached hydrogen (secondary N) is 1. The van der Waals surface area contributed by atoms with Crippen molar-refractivity contribution >= 4 is 28.9 Å². The minimum absolute atomic E-state index is 0.174. The van der Waals surface area contributed by atoms with E-state index in [1.165, 1.54) is 0 Å². The number of carbonyl (C=O) groups excluding carboxylic acids is 1. The Labute approximate surface area is 122 Å². The second-order valence-electron chi connectivity index (χ2n) is 5.56. The van der Waals surface area contributed by atoms with E-state index in [0.29, 0.717) is 22.7 Å². The molecule has 108 valence electrons. The quantitative estimate of drug-likeness (QED) is 0.735. The van der Waals surface area contributed by atoms with Crippen LogP contribution in [0.2, 0.25) is 5.02 Å². The normalized spacial score (nSPS) is 29.3. The van der Waals surface area contributed by atoms with E-state index in [4.69, 9.17) is 11.6 Å². The highest BCUT2D eigenvalue weighted by Gasteiger charge is 2.31. The third-order valence-electron chi connectivity index (χ3n) is 4.12. The van der Waals surface area contributed by atoms with Crippen molar-refractivity contribution in [2.75, 3.05) is 23.3 Å². The zero-order valence-corrected chi connectivity index (χ0v) is 11.9. The molecule has 3 atom stereocenters. The minimum atomic E-state index is -1.14. The molecule has 5 nitrogen and oxygen atoms in total. The maximum atomic E-state index is 11.5. The van der Waals surface area contributed by atoms with Crippen molar-refractivity contribution in [1.82, 2.24) is 0 Å². The molecule has 1 aromatic rings. The largest absolute Gasteiger partial charge is 0.393 e. The van der Waals surface area contributed by atoms with Crippen LogP contribution in [0.25, 0.3) is 0 Å². The van der Waals surface area contributed by atoms with Crippen LogP contribution in [0, 0.1) is 5.92 Å². The van der Waals surface area contributed by atoms with Crippen LogP contribution in [-0.2, 0) is 4.79 Å². The monoisotopic (exact) mass is 296 g/mol. The molecule has 0 saturated carbocycles. The molecule has 1 aromatic carbocycles. The first kappa shape index (κ1) is 13.7. The van der Waals surface area contributed by atoms with Crippen molar-refractivity contribution < 1.29 is 15.0 Å². The van der Waals surface area contributed by atoms with E-state index < -0.39 is 12.0 Å². The van der Waals surface area contributed by atoms with Gasteiger partial charge >= 0.3 is 0 Å². The van der Waals surface area contributed by atoms with Gasteiger partial charge in [0.1, 0.15) is 0 Å². The van der Waals surface area contributed by atoms with E-state index >= 15 is 0 Å². The molecule has 2 heterocycles. The van der Waals surface area contributed by atoms with Gasteiger partial charge in [0.05, 0.1) is 16.8 Å². The Morgan fingerprint density at radius 2 is 2.15 bits per heavy atom. The summed E-state index contributed by atoms with van der Waals surface area (Å²) in [6, 6.07) is 3.45. The van der Waals surface area contributed by atoms with Gasteiger partial charge in [-0.05, 0) is 24.5 Å². The molecule has 2 aliphatic rings. The van der Waals surface area contributed by atoms with Crippen molar-refractivity contribution in [2.45, 2.75) is 25.6 Å². The molecule has 1 saturated heterocycles. The predicted molar refractivity (Wildman–Crippen MR) is 77.0 cm³/mol. The summed E-state index contributed by atoms with van der Waals surface area (Å²) in [5, 5.41) is 22.7. The topological polar surface area (TPSA) is 72.8 Å². The number of benzene rings is 1. The molecular weight excluding hydrogens is 280 g/mol. The lowest BCUT2D eigenvalue weighted by molar-refractivity contribution is -0.123. The number of nitrogens with zero attached hydrogens (tertiary/aromatic N) is 1. The summed E-state index contributed by atoms with van der Waals surface area (Å²) in [7, 11) is 0. The summed E-state index contributed by atoms with van der Waals surface area (Å²) in [6.07, 6.45) is -0.719. The number of piperidine rings is 1. The summed E-state index contributed by atoms with van der Waals surface area (Å²) in [5.41, 5.74) is 1.97. The van der Waals surface area contributed by atoms with Crippen molar-refractivity contribution in [3.05, 3.63) is 22.7 Å². The highest BCUT2D eigenvalue weighted by Crippen LogP contribution is 2.39. The standard InChI is InChI=1S/C14H17ClN2O3/c1-7-6-17(3-2-12(7)18)11-5-10-8(4-9(11)15)13(19)14(20)16-10/h4-5,7,12-13,18-19H,2-3,6H2,1H3,(H,16,20). The molecule has 0 aliphatic carbocycles. The van der Waals surface area contributed by atoms with E-state index in [9.17, 15) is 15.0 Å². The van der Waals surface area contributed by atoms with Crippen LogP contribution in [0.15, 0.2) is 12.1 Å². The number of halogens is 1. The van der Waals surface area contributed by atoms with Crippen LogP contribution in [0.4, 0.5) is 11.4 Å². The van der Waals surface area contributed by atoms with Gasteiger partial charge in [-0.1, -0.05) is 18.5 Å². The Balaban J connectivity index is 1.92. The maximum Gasteiger partial charge on any atom is 0.257 e. The Hall–Kier alpha value is -1.30. The first-order valence-electron chi connectivity index (χ1n) is 6.72. The molecule has 3 rings (SSSR count). The van der Waals surface area contributed by atoms with Crippen molar-refractivity contribution in [1.29, 1.82) is 0 Å². The Kier molecular flexibility index (Phi) is 3.36. The molecule has 0 radical (unpaired) electrons. The number of rotatable bonds is 1. The van der Waals surface area contributed by atoms with Crippen LogP contribution < -0.4 is 10.2 Å². The number of amides is 1. The minimum Gasteiger partial charge on any atom is -0.393 e. The highest BCUT2D eigenvalue weighted by molar-refractivity contribution is 6.33. The molecule has 0 aromatic heterocycles. The second-order valence-corrected chi connectivity index (χ2v) is 5.97. The fourth-order valence-corrected chi connectivity index (χ4v) is 3.14. The summed E-state index contributed by atoms with van der Waals surface area (Å²) in [6.45, 7) is 3.44. The van der Waals surface area contributed by atoms with Crippen LogP contribution in [0.5, 0.6) is 0 Å². The van der Waals surface area contributed by atoms with Crippen molar-refractivity contribution in [3.8, 4) is 0 Å². The number of aliphatic hydroxyl groups is 2. The summed E-state index contributed by atoms with van der Waals surface area (Å²) < 4.78 is 0. The van der Waals surface area contributed by atoms with Crippen LogP contribution >= 0.6 is 11.6 Å². The van der Waals surface area contributed by atoms with Gasteiger partial charge in [-0.2, -0.15) is 0 Å². The fraction of sp³-hybridized carbons (Fsp3) is 0.500. The predicted octanol–water partition coefficient (Wildman–Crippen LogP) is 1.53. The van der Waals surface area contributed by atoms with Crippen LogP contribution in [0.1, 0.15) is 25.0 Å². The second kappa shape index (κ2) is 4.91. The van der Waals surface area contributed by atoms with Gasteiger partial charge in [-0.3, -0.25) is 4.79 Å². The summed E-state index contributed by atoms with van der Waals surface area (Å²) in [4.78, 5) is 13.6. The van der Waals surface area contributed by atoms with Crippen LogP contribution in [0.3, 0.4) is 0 Å². The Morgan fingerprint density at radius 3 is 2.85 bits per heavy atom. The molecule has 0 bridgehead atoms. The lowest BCUT2D eigenvalue weighted by atomic mass is 9.96. The highest BCUT2D eigenvalue weighted by atomic mass is 35.5. The van der Waals surface area contributed by atoms with Crippen molar-refractivity contribution in [2.24, 2.45) is 5.92 Å². The summed E-state index contributed by atoms with van der Waals surface area (Å²) in [5.74, 6) is -0.246. The zero-order valence-electron chi connectivity index (χ0n) is 11.1. The average Bonchev–Trinajstić information content (AvgIpc) is 2.68. The van der Waals surface area contributed by atoms with E-state index in [1.54, 1.807) is 12.1 Å². The number of carbonyl (C=O) groups is 1. The van der Waals surface area contributed by atoms with Gasteiger partial charge in [0.15, 0.2) is 6.10 Å². The van der Waals surface area contributed by atoms with E-state index in [-0.39, 0.29) is 12.0 Å². The van der Waals surface area contributed by atoms with E-state index in [2.05, 4.69) is 10.2 Å². The smallest absolute Gasteiger partial charge is 0.257 e. The average molecular weight is 297 g/mol. The molecule has 1 amide bonds. The maximum absolute atomic E-state index is 11.5. The third-order valence-corrected chi connectivity index (χ3v) is 4.42. The molecule has 1 fully saturated rings. The fourth-order valence-electron chi connectivity index (χ4n) is 2.85. The van der Waals surface area contributed by atoms with E-state index in [1.807, 2.05) is 6.92 Å². The van der Waals surface area contributed by atoms with Gasteiger partial charge in [0, 0.05) is 24.3 Å². The lowest BCUT2D eigenvalue weighted by Crippen LogP contribution is -2.42. The van der Waals surface area contributed by atoms with Crippen LogP contribution in [-0.4, -0.2) is 35.3 Å². The molecule has 3 unspecified atom stereocenters. The lowest BCUT2D eigenvalue weighted by Gasteiger charge is -2.36. The number of hydrogen-bond acceptors (Lipinski definition) is 4. The van der Waals surface area contributed by atoms with Gasteiger partial charge in [0.25, 0.3) is 5.91 Å². The Morgan fingerprint density at radius 1 is 1.40 bits per heavy atom. The summed E-state index contributed by atoms with van der Waals surface area (Å²) >= 11 is 6.28. The van der Waals surface area contributed by atoms with E-state index in [0.717, 1.165) is 18.8 Å². The number of aliphatic hydroxyl groups excluding tert-OH is 2. The number of hydrogen-bond donors (Lipinski definition) is 3. The first-order chi connectivity index (χ1) is 9.47. The van der Waals surface area contributed by atoms with Crippen molar-refractivity contribution in [3.63, 3.8) is 0 Å². The molecular formula is C14H17ClN2O3. The molecule has 3 N–H and O–H groups in total. The zero-order chi connectivity index (χ0) is 14.4. The van der Waals surface area contributed by atoms with Gasteiger partial charge < -0.3 is 20.4 Å². The molecule has 0 spiro atoms. The van der Waals surface area contributed by atoms with Gasteiger partial charge in [-0.15, -0.1) is 0 Å². The number of anilines is 2. The molecule has 2 aliphatic heterocycles.